The maximum absolute atomic E-state index is 12.8. The van der Waals surface area contributed by atoms with E-state index >= 15 is 0 Å². The van der Waals surface area contributed by atoms with Gasteiger partial charge in [0, 0.05) is 0 Å². The van der Waals surface area contributed by atoms with Crippen molar-refractivity contribution in [3.63, 3.8) is 0 Å². The lowest BCUT2D eigenvalue weighted by molar-refractivity contribution is 0.303. The topological polar surface area (TPSA) is 47.0 Å². The average molecular weight is 303 g/mol. The summed E-state index contributed by atoms with van der Waals surface area (Å²) >= 11 is 1.58. The van der Waals surface area contributed by atoms with Crippen molar-refractivity contribution < 1.29 is 9.13 Å². The SMILES string of the molecule is CC(COc1ccc(F)cc1)Nc1ncnc2sccc12. The zero-order chi connectivity index (χ0) is 14.7. The lowest BCUT2D eigenvalue weighted by Crippen LogP contribution is -2.24. The van der Waals surface area contributed by atoms with Gasteiger partial charge in [-0.15, -0.1) is 11.3 Å². The van der Waals surface area contributed by atoms with E-state index in [-0.39, 0.29) is 11.9 Å². The molecule has 0 saturated carbocycles. The van der Waals surface area contributed by atoms with Crippen LogP contribution < -0.4 is 10.1 Å². The van der Waals surface area contributed by atoms with Gasteiger partial charge in [0.05, 0.1) is 11.4 Å². The summed E-state index contributed by atoms with van der Waals surface area (Å²) in [6.07, 6.45) is 1.55. The maximum atomic E-state index is 12.8. The molecule has 0 fully saturated rings. The summed E-state index contributed by atoms with van der Waals surface area (Å²) in [4.78, 5) is 9.43. The molecule has 0 aliphatic carbocycles. The summed E-state index contributed by atoms with van der Waals surface area (Å²) in [7, 11) is 0. The number of ether oxygens (including phenoxy) is 1. The third kappa shape index (κ3) is 3.28. The lowest BCUT2D eigenvalue weighted by Gasteiger charge is -2.16. The summed E-state index contributed by atoms with van der Waals surface area (Å²) in [5.41, 5.74) is 0. The Morgan fingerprint density at radius 1 is 1.24 bits per heavy atom. The average Bonchev–Trinajstić information content (AvgIpc) is 2.96. The molecule has 2 aromatic heterocycles. The molecule has 0 bridgehead atoms. The zero-order valence-electron chi connectivity index (χ0n) is 11.4. The molecule has 0 spiro atoms. The first-order valence-electron chi connectivity index (χ1n) is 6.55. The van der Waals surface area contributed by atoms with Gasteiger partial charge in [-0.3, -0.25) is 0 Å². The van der Waals surface area contributed by atoms with Gasteiger partial charge in [0.15, 0.2) is 0 Å². The van der Waals surface area contributed by atoms with Gasteiger partial charge in [0.2, 0.25) is 0 Å². The largest absolute Gasteiger partial charge is 0.491 e. The molecule has 1 unspecified atom stereocenters. The highest BCUT2D eigenvalue weighted by Crippen LogP contribution is 2.24. The number of halogens is 1. The highest BCUT2D eigenvalue weighted by Gasteiger charge is 2.09. The summed E-state index contributed by atoms with van der Waals surface area (Å²) in [5.74, 6) is 1.18. The number of nitrogens with zero attached hydrogens (tertiary/aromatic N) is 2. The first kappa shape index (κ1) is 13.8. The summed E-state index contributed by atoms with van der Waals surface area (Å²) in [6, 6.07) is 8.05. The van der Waals surface area contributed by atoms with Crippen LogP contribution in [-0.4, -0.2) is 22.6 Å². The van der Waals surface area contributed by atoms with Crippen LogP contribution in [0.3, 0.4) is 0 Å². The van der Waals surface area contributed by atoms with Gasteiger partial charge in [-0.05, 0) is 42.6 Å². The number of anilines is 1. The van der Waals surface area contributed by atoms with Crippen molar-refractivity contribution in [2.45, 2.75) is 13.0 Å². The van der Waals surface area contributed by atoms with E-state index in [1.165, 1.54) is 12.1 Å². The molecule has 3 aromatic rings. The molecular weight excluding hydrogens is 289 g/mol. The summed E-state index contributed by atoms with van der Waals surface area (Å²) in [6.45, 7) is 2.46. The third-order valence-electron chi connectivity index (χ3n) is 2.96. The molecule has 0 aliphatic rings. The van der Waals surface area contributed by atoms with E-state index in [2.05, 4.69) is 15.3 Å². The highest BCUT2D eigenvalue weighted by atomic mass is 32.1. The molecule has 108 valence electrons. The van der Waals surface area contributed by atoms with E-state index in [0.717, 1.165) is 16.0 Å². The van der Waals surface area contributed by atoms with Crippen LogP contribution in [0, 0.1) is 5.82 Å². The number of nitrogens with one attached hydrogen (secondary N) is 1. The van der Waals surface area contributed by atoms with Crippen LogP contribution >= 0.6 is 11.3 Å². The Balaban J connectivity index is 1.62. The van der Waals surface area contributed by atoms with Gasteiger partial charge in [-0.1, -0.05) is 0 Å². The molecule has 2 heterocycles. The predicted octanol–water partition coefficient (Wildman–Crippen LogP) is 3.71. The number of benzene rings is 1. The third-order valence-corrected chi connectivity index (χ3v) is 3.78. The van der Waals surface area contributed by atoms with Crippen molar-refractivity contribution >= 4 is 27.4 Å². The molecule has 0 aliphatic heterocycles. The second kappa shape index (κ2) is 6.05. The van der Waals surface area contributed by atoms with Crippen LogP contribution in [0.25, 0.3) is 10.2 Å². The fourth-order valence-electron chi connectivity index (χ4n) is 1.93. The van der Waals surface area contributed by atoms with Crippen molar-refractivity contribution in [2.75, 3.05) is 11.9 Å². The lowest BCUT2D eigenvalue weighted by atomic mass is 10.3. The fraction of sp³-hybridized carbons (Fsp3) is 0.200. The van der Waals surface area contributed by atoms with E-state index in [0.29, 0.717) is 12.4 Å². The van der Waals surface area contributed by atoms with Crippen LogP contribution in [0.1, 0.15) is 6.92 Å². The minimum Gasteiger partial charge on any atom is -0.491 e. The molecule has 4 nitrogen and oxygen atoms in total. The fourth-order valence-corrected chi connectivity index (χ4v) is 2.66. The smallest absolute Gasteiger partial charge is 0.138 e. The van der Waals surface area contributed by atoms with Gasteiger partial charge >= 0.3 is 0 Å². The monoisotopic (exact) mass is 303 g/mol. The van der Waals surface area contributed by atoms with Crippen LogP contribution in [-0.2, 0) is 0 Å². The molecule has 0 amide bonds. The molecule has 21 heavy (non-hydrogen) atoms. The molecule has 6 heteroatoms. The van der Waals surface area contributed by atoms with Gasteiger partial charge in [-0.25, -0.2) is 14.4 Å². The normalized spacial score (nSPS) is 12.3. The first-order valence-corrected chi connectivity index (χ1v) is 7.43. The predicted molar refractivity (Wildman–Crippen MR) is 82.4 cm³/mol. The van der Waals surface area contributed by atoms with Gasteiger partial charge in [0.1, 0.15) is 35.1 Å². The summed E-state index contributed by atoms with van der Waals surface area (Å²) < 4.78 is 18.4. The Hall–Kier alpha value is -2.21. The zero-order valence-corrected chi connectivity index (χ0v) is 12.2. The Labute approximate surface area is 125 Å². The second-order valence-corrected chi connectivity index (χ2v) is 5.57. The van der Waals surface area contributed by atoms with E-state index in [4.69, 9.17) is 4.74 Å². The first-order chi connectivity index (χ1) is 10.2. The Morgan fingerprint density at radius 3 is 2.86 bits per heavy atom. The molecule has 1 N–H and O–H groups in total. The Bertz CT molecular complexity index is 729. The maximum Gasteiger partial charge on any atom is 0.138 e. The van der Waals surface area contributed by atoms with E-state index in [9.17, 15) is 4.39 Å². The van der Waals surface area contributed by atoms with Gasteiger partial charge in [0.25, 0.3) is 0 Å². The number of hydrogen-bond donors (Lipinski definition) is 1. The van der Waals surface area contributed by atoms with E-state index in [1.807, 2.05) is 18.4 Å². The molecule has 1 atom stereocenters. The number of hydrogen-bond acceptors (Lipinski definition) is 5. The minimum absolute atomic E-state index is 0.0630. The Morgan fingerprint density at radius 2 is 2.05 bits per heavy atom. The van der Waals surface area contributed by atoms with Crippen molar-refractivity contribution in [1.29, 1.82) is 0 Å². The molecule has 3 rings (SSSR count). The van der Waals surface area contributed by atoms with Crippen molar-refractivity contribution in [1.82, 2.24) is 9.97 Å². The molecule has 0 saturated heterocycles. The quantitative estimate of drug-likeness (QED) is 0.780. The molecule has 1 aromatic carbocycles. The minimum atomic E-state index is -0.269. The van der Waals surface area contributed by atoms with Crippen LogP contribution in [0.5, 0.6) is 5.75 Å². The number of aromatic nitrogens is 2. The van der Waals surface area contributed by atoms with Crippen LogP contribution in [0.15, 0.2) is 42.0 Å². The van der Waals surface area contributed by atoms with E-state index < -0.39 is 0 Å². The van der Waals surface area contributed by atoms with Crippen LogP contribution in [0.2, 0.25) is 0 Å². The van der Waals surface area contributed by atoms with Crippen molar-refractivity contribution in [3.05, 3.63) is 47.9 Å². The van der Waals surface area contributed by atoms with Crippen LogP contribution in [0.4, 0.5) is 10.2 Å². The highest BCUT2D eigenvalue weighted by molar-refractivity contribution is 7.16. The standard InChI is InChI=1S/C15H14FN3OS/c1-10(8-20-12-4-2-11(16)3-5-12)19-14-13-6-7-21-15(13)18-9-17-14/h2-7,9-10H,8H2,1H3,(H,17,18,19). The van der Waals surface area contributed by atoms with E-state index in [1.54, 1.807) is 29.8 Å². The van der Waals surface area contributed by atoms with Crippen molar-refractivity contribution in [2.24, 2.45) is 0 Å². The number of fused-ring (bicyclic) bond motifs is 1. The van der Waals surface area contributed by atoms with Gasteiger partial charge < -0.3 is 10.1 Å². The molecular formula is C15H14FN3OS. The molecule has 0 radical (unpaired) electrons. The number of rotatable bonds is 5. The summed E-state index contributed by atoms with van der Waals surface area (Å²) in [5, 5.41) is 6.31. The number of thiophene rings is 1. The van der Waals surface area contributed by atoms with Gasteiger partial charge in [-0.2, -0.15) is 0 Å². The second-order valence-electron chi connectivity index (χ2n) is 4.67. The Kier molecular flexibility index (Phi) is 3.96. The van der Waals surface area contributed by atoms with Crippen molar-refractivity contribution in [3.8, 4) is 5.75 Å².